The highest BCUT2D eigenvalue weighted by molar-refractivity contribution is 5.82. The van der Waals surface area contributed by atoms with E-state index < -0.39 is 0 Å². The molecule has 0 heterocycles. The van der Waals surface area contributed by atoms with Crippen LogP contribution in [-0.2, 0) is 6.42 Å². The van der Waals surface area contributed by atoms with Gasteiger partial charge in [0.2, 0.25) is 0 Å². The lowest BCUT2D eigenvalue weighted by Gasteiger charge is -2.04. The lowest BCUT2D eigenvalue weighted by molar-refractivity contribution is 0.317. The van der Waals surface area contributed by atoms with Crippen molar-refractivity contribution < 1.29 is 4.74 Å². The molecule has 0 bridgehead atoms. The van der Waals surface area contributed by atoms with Gasteiger partial charge in [0.05, 0.1) is 12.3 Å². The monoisotopic (exact) mass is 477 g/mol. The summed E-state index contributed by atoms with van der Waals surface area (Å²) in [6.45, 7) is 5.17. The third kappa shape index (κ3) is 14.8. The number of aryl methyl sites for hydroxylation is 1. The van der Waals surface area contributed by atoms with Crippen LogP contribution >= 0.6 is 0 Å². The van der Waals surface area contributed by atoms with Crippen LogP contribution in [0.4, 0.5) is 5.69 Å². The van der Waals surface area contributed by atoms with Crippen molar-refractivity contribution in [1.82, 2.24) is 0 Å². The molecular weight excluding hydrogens is 426 g/mol. The standard InChI is InChI=1S/C33H51NO/c1-3-5-6-7-8-9-10-11-12-13-14-15-16-17-18-19-30-20-24-32(25-21-30)34-29-31-22-26-33(27-23-31)35-28-4-2/h20-27,29H,3-19,28H2,1-2H3. The minimum atomic E-state index is 0.763. The van der Waals surface area contributed by atoms with Gasteiger partial charge in [-0.15, -0.1) is 0 Å². The normalized spacial score (nSPS) is 11.4. The second-order valence-corrected chi connectivity index (χ2v) is 10.0. The molecule has 35 heavy (non-hydrogen) atoms. The quantitative estimate of drug-likeness (QED) is 0.129. The topological polar surface area (TPSA) is 21.6 Å². The fourth-order valence-electron chi connectivity index (χ4n) is 4.47. The SMILES string of the molecule is CCCCCCCCCCCCCCCCCc1ccc(N=Cc2ccc(OCCC)cc2)cc1. The summed E-state index contributed by atoms with van der Waals surface area (Å²) in [5.74, 6) is 0.923. The molecule has 0 spiro atoms. The van der Waals surface area contributed by atoms with Gasteiger partial charge in [0, 0.05) is 6.21 Å². The largest absolute Gasteiger partial charge is 0.494 e. The number of nitrogens with zero attached hydrogens (tertiary/aromatic N) is 1. The van der Waals surface area contributed by atoms with Gasteiger partial charge in [-0.3, -0.25) is 4.99 Å². The summed E-state index contributed by atoms with van der Waals surface area (Å²) in [7, 11) is 0. The van der Waals surface area contributed by atoms with E-state index in [1.165, 1.54) is 108 Å². The molecule has 0 amide bonds. The second-order valence-electron chi connectivity index (χ2n) is 10.0. The van der Waals surface area contributed by atoms with Gasteiger partial charge in [-0.1, -0.05) is 116 Å². The van der Waals surface area contributed by atoms with E-state index in [1.807, 2.05) is 18.3 Å². The summed E-state index contributed by atoms with van der Waals surface area (Å²) in [6.07, 6.45) is 25.4. The Labute approximate surface area is 216 Å². The third-order valence-corrected chi connectivity index (χ3v) is 6.72. The second kappa shape index (κ2) is 20.1. The molecule has 194 valence electrons. The number of ether oxygens (including phenoxy) is 1. The highest BCUT2D eigenvalue weighted by atomic mass is 16.5. The molecule has 0 N–H and O–H groups in total. The number of hydrogen-bond donors (Lipinski definition) is 0. The number of aliphatic imine (C=N–C) groups is 1. The fourth-order valence-corrected chi connectivity index (χ4v) is 4.47. The zero-order chi connectivity index (χ0) is 24.8. The number of hydrogen-bond acceptors (Lipinski definition) is 2. The molecule has 0 saturated heterocycles. The Morgan fingerprint density at radius 2 is 1.09 bits per heavy atom. The molecular formula is C33H51NO. The predicted octanol–water partition coefficient (Wildman–Crippen LogP) is 10.6. The van der Waals surface area contributed by atoms with E-state index in [4.69, 9.17) is 4.74 Å². The van der Waals surface area contributed by atoms with Crippen LogP contribution in [0.2, 0.25) is 0 Å². The number of unbranched alkanes of at least 4 members (excludes halogenated alkanes) is 14. The van der Waals surface area contributed by atoms with Crippen LogP contribution in [0.25, 0.3) is 0 Å². The van der Waals surface area contributed by atoms with Crippen LogP contribution in [0, 0.1) is 0 Å². The Balaban J connectivity index is 1.47. The fraction of sp³-hybridized carbons (Fsp3) is 0.606. The Morgan fingerprint density at radius 1 is 0.571 bits per heavy atom. The Kier molecular flexibility index (Phi) is 16.8. The van der Waals surface area contributed by atoms with Gasteiger partial charge in [-0.05, 0) is 66.8 Å². The van der Waals surface area contributed by atoms with Crippen LogP contribution in [0.3, 0.4) is 0 Å². The van der Waals surface area contributed by atoms with Crippen molar-refractivity contribution in [2.45, 2.75) is 123 Å². The van der Waals surface area contributed by atoms with Crippen LogP contribution in [0.5, 0.6) is 5.75 Å². The number of benzene rings is 2. The van der Waals surface area contributed by atoms with Crippen molar-refractivity contribution >= 4 is 11.9 Å². The van der Waals surface area contributed by atoms with E-state index >= 15 is 0 Å². The van der Waals surface area contributed by atoms with E-state index in [-0.39, 0.29) is 0 Å². The highest BCUT2D eigenvalue weighted by Gasteiger charge is 1.98. The average molecular weight is 478 g/mol. The third-order valence-electron chi connectivity index (χ3n) is 6.72. The Hall–Kier alpha value is -2.09. The number of rotatable bonds is 21. The van der Waals surface area contributed by atoms with E-state index in [0.29, 0.717) is 0 Å². The smallest absolute Gasteiger partial charge is 0.119 e. The maximum atomic E-state index is 5.63. The van der Waals surface area contributed by atoms with Crippen molar-refractivity contribution in [3.05, 3.63) is 59.7 Å². The van der Waals surface area contributed by atoms with Crippen molar-refractivity contribution in [2.75, 3.05) is 6.61 Å². The van der Waals surface area contributed by atoms with E-state index in [0.717, 1.165) is 30.0 Å². The first-order valence-electron chi connectivity index (χ1n) is 14.7. The highest BCUT2D eigenvalue weighted by Crippen LogP contribution is 2.18. The van der Waals surface area contributed by atoms with Crippen LogP contribution in [0.1, 0.15) is 128 Å². The first kappa shape index (κ1) is 29.1. The van der Waals surface area contributed by atoms with Crippen molar-refractivity contribution in [3.63, 3.8) is 0 Å². The van der Waals surface area contributed by atoms with Gasteiger partial charge >= 0.3 is 0 Å². The van der Waals surface area contributed by atoms with Gasteiger partial charge in [0.1, 0.15) is 5.75 Å². The molecule has 0 atom stereocenters. The molecule has 0 radical (unpaired) electrons. The van der Waals surface area contributed by atoms with E-state index in [1.54, 1.807) is 0 Å². The molecule has 0 aromatic heterocycles. The van der Waals surface area contributed by atoms with E-state index in [9.17, 15) is 0 Å². The lowest BCUT2D eigenvalue weighted by Crippen LogP contribution is -1.94. The molecule has 2 heteroatoms. The maximum Gasteiger partial charge on any atom is 0.119 e. The minimum absolute atomic E-state index is 0.763. The Morgan fingerprint density at radius 3 is 1.60 bits per heavy atom. The van der Waals surface area contributed by atoms with Crippen molar-refractivity contribution in [2.24, 2.45) is 4.99 Å². The molecule has 0 aliphatic heterocycles. The molecule has 2 aromatic rings. The molecule has 2 nitrogen and oxygen atoms in total. The molecule has 0 aliphatic carbocycles. The van der Waals surface area contributed by atoms with Gasteiger partial charge in [0.25, 0.3) is 0 Å². The molecule has 0 saturated carbocycles. The van der Waals surface area contributed by atoms with Crippen LogP contribution in [-0.4, -0.2) is 12.8 Å². The molecule has 2 rings (SSSR count). The van der Waals surface area contributed by atoms with Gasteiger partial charge in [-0.25, -0.2) is 0 Å². The zero-order valence-electron chi connectivity index (χ0n) is 22.8. The summed E-state index contributed by atoms with van der Waals surface area (Å²) in [5.41, 5.74) is 3.53. The Bertz CT molecular complexity index is 763. The zero-order valence-corrected chi connectivity index (χ0v) is 22.8. The first-order valence-corrected chi connectivity index (χ1v) is 14.7. The summed E-state index contributed by atoms with van der Waals surface area (Å²) in [5, 5.41) is 0. The maximum absolute atomic E-state index is 5.63. The molecule has 0 aliphatic rings. The average Bonchev–Trinajstić information content (AvgIpc) is 2.90. The van der Waals surface area contributed by atoms with Gasteiger partial charge < -0.3 is 4.74 Å². The lowest BCUT2D eigenvalue weighted by atomic mass is 10.0. The first-order chi connectivity index (χ1) is 17.3. The summed E-state index contributed by atoms with van der Waals surface area (Å²) >= 11 is 0. The van der Waals surface area contributed by atoms with Gasteiger partial charge in [-0.2, -0.15) is 0 Å². The van der Waals surface area contributed by atoms with Crippen LogP contribution in [0.15, 0.2) is 53.5 Å². The van der Waals surface area contributed by atoms with Crippen molar-refractivity contribution in [1.29, 1.82) is 0 Å². The summed E-state index contributed by atoms with van der Waals surface area (Å²) in [4.78, 5) is 4.62. The van der Waals surface area contributed by atoms with E-state index in [2.05, 4.69) is 55.2 Å². The van der Waals surface area contributed by atoms with Crippen molar-refractivity contribution in [3.8, 4) is 5.75 Å². The minimum Gasteiger partial charge on any atom is -0.494 e. The van der Waals surface area contributed by atoms with Crippen LogP contribution < -0.4 is 4.74 Å². The molecule has 2 aromatic carbocycles. The molecule has 0 fully saturated rings. The summed E-state index contributed by atoms with van der Waals surface area (Å²) < 4.78 is 5.63. The summed E-state index contributed by atoms with van der Waals surface area (Å²) in [6, 6.07) is 16.9. The molecule has 0 unspecified atom stereocenters. The predicted molar refractivity (Wildman–Crippen MR) is 155 cm³/mol. The van der Waals surface area contributed by atoms with Gasteiger partial charge in [0.15, 0.2) is 0 Å².